The maximum atomic E-state index is 5.15. The third kappa shape index (κ3) is 1.77. The second-order valence-corrected chi connectivity index (χ2v) is 3.83. The van der Waals surface area contributed by atoms with Crippen LogP contribution in [0.1, 0.15) is 0 Å². The summed E-state index contributed by atoms with van der Waals surface area (Å²) in [4.78, 5) is 0. The highest BCUT2D eigenvalue weighted by Gasteiger charge is 2.14. The highest BCUT2D eigenvalue weighted by molar-refractivity contribution is 8.78. The van der Waals surface area contributed by atoms with Crippen LogP contribution < -0.4 is 22.5 Å². The number of rotatable bonds is 2. The number of hydrogen-bond acceptors (Lipinski definition) is 6. The highest BCUT2D eigenvalue weighted by atomic mass is 33.1. The van der Waals surface area contributed by atoms with E-state index in [1.54, 1.807) is 21.6 Å². The molecule has 6 heteroatoms. The predicted octanol–water partition coefficient (Wildman–Crippen LogP) is -0.525. The molecule has 0 spiro atoms. The Kier molecular flexibility index (Phi) is 2.67. The number of hydrogen-bond donors (Lipinski definition) is 4. The van der Waals surface area contributed by atoms with Gasteiger partial charge < -0.3 is 5.43 Å². The standard InChI is InChI=1S/C3H8N4S2/c4-6-2-1-3(7-5)9-8-2/h1-2,6-7H,4-5H2. The summed E-state index contributed by atoms with van der Waals surface area (Å²) in [6.07, 6.45) is 1.93. The molecule has 0 aromatic carbocycles. The summed E-state index contributed by atoms with van der Waals surface area (Å²) in [6.45, 7) is 0. The average Bonchev–Trinajstić information content (AvgIpc) is 2.34. The fourth-order valence-electron chi connectivity index (χ4n) is 0.445. The van der Waals surface area contributed by atoms with Crippen LogP contribution in [0.5, 0.6) is 0 Å². The van der Waals surface area contributed by atoms with Crippen LogP contribution in [0.2, 0.25) is 0 Å². The van der Waals surface area contributed by atoms with Crippen molar-refractivity contribution in [2.45, 2.75) is 5.37 Å². The van der Waals surface area contributed by atoms with E-state index >= 15 is 0 Å². The van der Waals surface area contributed by atoms with E-state index in [4.69, 9.17) is 11.7 Å². The zero-order valence-corrected chi connectivity index (χ0v) is 6.26. The molecule has 0 amide bonds. The van der Waals surface area contributed by atoms with Crippen molar-refractivity contribution in [2.75, 3.05) is 0 Å². The molecule has 1 unspecified atom stereocenters. The maximum Gasteiger partial charge on any atom is 0.0979 e. The molecule has 0 radical (unpaired) electrons. The molecule has 0 aromatic rings. The molecule has 1 aliphatic heterocycles. The molecule has 0 saturated carbocycles. The van der Waals surface area contributed by atoms with Crippen LogP contribution in [-0.2, 0) is 0 Å². The summed E-state index contributed by atoms with van der Waals surface area (Å²) in [5.74, 6) is 10.3. The van der Waals surface area contributed by atoms with E-state index in [0.29, 0.717) is 0 Å². The molecule has 1 heterocycles. The van der Waals surface area contributed by atoms with Crippen molar-refractivity contribution >= 4 is 21.6 Å². The van der Waals surface area contributed by atoms with Gasteiger partial charge in [0.15, 0.2) is 0 Å². The molecule has 52 valence electrons. The summed E-state index contributed by atoms with van der Waals surface area (Å²) in [6, 6.07) is 0. The van der Waals surface area contributed by atoms with Crippen LogP contribution in [0, 0.1) is 0 Å². The Labute approximate surface area is 61.1 Å². The predicted molar refractivity (Wildman–Crippen MR) is 41.7 cm³/mol. The van der Waals surface area contributed by atoms with Crippen molar-refractivity contribution in [2.24, 2.45) is 11.7 Å². The van der Waals surface area contributed by atoms with E-state index in [1.807, 2.05) is 6.08 Å². The first kappa shape index (κ1) is 7.23. The van der Waals surface area contributed by atoms with Crippen molar-refractivity contribution in [3.8, 4) is 0 Å². The van der Waals surface area contributed by atoms with Crippen LogP contribution in [0.25, 0.3) is 0 Å². The number of hydrazine groups is 2. The van der Waals surface area contributed by atoms with Gasteiger partial charge in [-0.15, -0.1) is 0 Å². The lowest BCUT2D eigenvalue weighted by Gasteiger charge is -1.98. The van der Waals surface area contributed by atoms with Crippen molar-refractivity contribution in [1.29, 1.82) is 0 Å². The highest BCUT2D eigenvalue weighted by Crippen LogP contribution is 2.38. The Hall–Kier alpha value is 0.120. The smallest absolute Gasteiger partial charge is 0.0979 e. The SMILES string of the molecule is NNC1=CC(NN)SS1. The van der Waals surface area contributed by atoms with Crippen molar-refractivity contribution in [3.63, 3.8) is 0 Å². The third-order valence-corrected chi connectivity index (χ3v) is 3.31. The number of nitrogens with one attached hydrogen (secondary N) is 2. The quantitative estimate of drug-likeness (QED) is 0.250. The first-order valence-electron chi connectivity index (χ1n) is 2.34. The molecule has 1 rings (SSSR count). The van der Waals surface area contributed by atoms with Gasteiger partial charge in [0, 0.05) is 0 Å². The summed E-state index contributed by atoms with van der Waals surface area (Å²) in [5.41, 5.74) is 5.13. The lowest BCUT2D eigenvalue weighted by molar-refractivity contribution is 0.778. The van der Waals surface area contributed by atoms with Crippen LogP contribution in [0.4, 0.5) is 0 Å². The van der Waals surface area contributed by atoms with E-state index in [9.17, 15) is 0 Å². The lowest BCUT2D eigenvalue weighted by atomic mass is 10.6. The minimum Gasteiger partial charge on any atom is -0.318 e. The molecular weight excluding hydrogens is 156 g/mol. The average molecular weight is 164 g/mol. The third-order valence-electron chi connectivity index (χ3n) is 0.851. The summed E-state index contributed by atoms with van der Waals surface area (Å²) < 4.78 is 0. The molecule has 4 nitrogen and oxygen atoms in total. The zero-order chi connectivity index (χ0) is 6.69. The Morgan fingerprint density at radius 1 is 1.56 bits per heavy atom. The van der Waals surface area contributed by atoms with Crippen molar-refractivity contribution in [3.05, 3.63) is 11.1 Å². The Morgan fingerprint density at radius 2 is 2.33 bits per heavy atom. The van der Waals surface area contributed by atoms with Gasteiger partial charge in [0.25, 0.3) is 0 Å². The van der Waals surface area contributed by atoms with E-state index in [2.05, 4.69) is 10.9 Å². The van der Waals surface area contributed by atoms with E-state index < -0.39 is 0 Å². The molecule has 0 aromatic heterocycles. The lowest BCUT2D eigenvalue weighted by Crippen LogP contribution is -2.29. The van der Waals surface area contributed by atoms with Gasteiger partial charge in [-0.05, 0) is 16.9 Å². The Bertz CT molecular complexity index is 125. The molecule has 0 fully saturated rings. The fourth-order valence-corrected chi connectivity index (χ4v) is 2.49. The van der Waals surface area contributed by atoms with Crippen LogP contribution in [0.15, 0.2) is 11.1 Å². The summed E-state index contributed by atoms with van der Waals surface area (Å²) in [7, 11) is 3.19. The van der Waals surface area contributed by atoms with Gasteiger partial charge in [0.1, 0.15) is 0 Å². The molecule has 0 saturated heterocycles. The maximum absolute atomic E-state index is 5.15. The Balaban J connectivity index is 2.40. The van der Waals surface area contributed by atoms with Gasteiger partial charge in [-0.1, -0.05) is 10.8 Å². The zero-order valence-electron chi connectivity index (χ0n) is 4.63. The largest absolute Gasteiger partial charge is 0.318 e. The van der Waals surface area contributed by atoms with Gasteiger partial charge in [0.2, 0.25) is 0 Å². The molecule has 0 bridgehead atoms. The van der Waals surface area contributed by atoms with Crippen molar-refractivity contribution in [1.82, 2.24) is 10.9 Å². The minimum absolute atomic E-state index is 0.182. The second kappa shape index (κ2) is 3.33. The van der Waals surface area contributed by atoms with E-state index in [1.165, 1.54) is 0 Å². The van der Waals surface area contributed by atoms with Gasteiger partial charge in [-0.3, -0.25) is 11.7 Å². The second-order valence-electron chi connectivity index (χ2n) is 1.44. The monoisotopic (exact) mass is 164 g/mol. The molecule has 1 aliphatic rings. The summed E-state index contributed by atoms with van der Waals surface area (Å²) in [5, 5.41) is 1.13. The molecule has 9 heavy (non-hydrogen) atoms. The molecule has 1 atom stereocenters. The molecule has 0 aliphatic carbocycles. The fraction of sp³-hybridized carbons (Fsp3) is 0.333. The van der Waals surface area contributed by atoms with Crippen molar-refractivity contribution < 1.29 is 0 Å². The topological polar surface area (TPSA) is 76.1 Å². The Morgan fingerprint density at radius 3 is 2.67 bits per heavy atom. The van der Waals surface area contributed by atoms with Crippen LogP contribution in [-0.4, -0.2) is 5.37 Å². The minimum atomic E-state index is 0.182. The van der Waals surface area contributed by atoms with Gasteiger partial charge in [-0.25, -0.2) is 5.43 Å². The van der Waals surface area contributed by atoms with Gasteiger partial charge in [0.05, 0.1) is 10.4 Å². The first-order chi connectivity index (χ1) is 4.36. The first-order valence-corrected chi connectivity index (χ1v) is 4.56. The normalized spacial score (nSPS) is 26.0. The van der Waals surface area contributed by atoms with E-state index in [-0.39, 0.29) is 5.37 Å². The van der Waals surface area contributed by atoms with E-state index in [0.717, 1.165) is 5.03 Å². The van der Waals surface area contributed by atoms with Gasteiger partial charge >= 0.3 is 0 Å². The van der Waals surface area contributed by atoms with Gasteiger partial charge in [-0.2, -0.15) is 0 Å². The number of nitrogens with two attached hydrogens (primary N) is 2. The van der Waals surface area contributed by atoms with Crippen LogP contribution >= 0.6 is 21.6 Å². The molecular formula is C3H8N4S2. The summed E-state index contributed by atoms with van der Waals surface area (Å²) >= 11 is 0. The molecule has 6 N–H and O–H groups in total. The van der Waals surface area contributed by atoms with Crippen LogP contribution in [0.3, 0.4) is 0 Å².